The van der Waals surface area contributed by atoms with Gasteiger partial charge in [0.1, 0.15) is 5.82 Å². The molecule has 1 saturated heterocycles. The largest absolute Gasteiger partial charge is 0.369 e. The number of thioether (sulfide) groups is 1. The van der Waals surface area contributed by atoms with Gasteiger partial charge in [-0.3, -0.25) is 4.90 Å². The van der Waals surface area contributed by atoms with Gasteiger partial charge in [0.15, 0.2) is 5.79 Å². The lowest BCUT2D eigenvalue weighted by atomic mass is 9.97. The molecule has 2 aliphatic heterocycles. The van der Waals surface area contributed by atoms with Crippen LogP contribution in [0.15, 0.2) is 53.4 Å². The van der Waals surface area contributed by atoms with E-state index in [1.165, 1.54) is 11.3 Å². The molecule has 0 aromatic heterocycles. The van der Waals surface area contributed by atoms with Crippen LogP contribution in [0.3, 0.4) is 0 Å². The van der Waals surface area contributed by atoms with Crippen LogP contribution in [0.4, 0.5) is 10.1 Å². The van der Waals surface area contributed by atoms with Crippen LogP contribution in [-0.2, 0) is 15.3 Å². The van der Waals surface area contributed by atoms with Crippen LogP contribution >= 0.6 is 11.8 Å². The Balaban J connectivity index is 1.27. The number of piperazine rings is 1. The van der Waals surface area contributed by atoms with Crippen molar-refractivity contribution in [2.75, 3.05) is 51.8 Å². The molecule has 4 rings (SSSR count). The van der Waals surface area contributed by atoms with Gasteiger partial charge in [-0.05, 0) is 49.7 Å². The summed E-state index contributed by atoms with van der Waals surface area (Å²) in [6.07, 6.45) is 3.19. The van der Waals surface area contributed by atoms with Crippen molar-refractivity contribution in [3.8, 4) is 0 Å². The van der Waals surface area contributed by atoms with Gasteiger partial charge in [0, 0.05) is 68.2 Å². The summed E-state index contributed by atoms with van der Waals surface area (Å²) < 4.78 is 24.9. The first-order chi connectivity index (χ1) is 14.6. The number of fused-ring (bicyclic) bond motifs is 1. The van der Waals surface area contributed by atoms with E-state index in [0.29, 0.717) is 5.25 Å². The number of hydrogen-bond donors (Lipinski definition) is 0. The Morgan fingerprint density at radius 2 is 1.70 bits per heavy atom. The normalized spacial score (nSPS) is 21.4. The molecule has 1 fully saturated rings. The zero-order valence-corrected chi connectivity index (χ0v) is 18.7. The molecule has 0 spiro atoms. The van der Waals surface area contributed by atoms with Crippen LogP contribution in [0.1, 0.15) is 24.8 Å². The van der Waals surface area contributed by atoms with Gasteiger partial charge in [0.25, 0.3) is 0 Å². The van der Waals surface area contributed by atoms with Crippen molar-refractivity contribution >= 4 is 17.4 Å². The number of hydrogen-bond acceptors (Lipinski definition) is 5. The smallest absolute Gasteiger partial charge is 0.196 e. The molecule has 2 aromatic rings. The predicted molar refractivity (Wildman–Crippen MR) is 121 cm³/mol. The summed E-state index contributed by atoms with van der Waals surface area (Å²) >= 11 is 1.96. The number of anilines is 1. The number of halogens is 1. The standard InChI is InChI=1S/C24H31FN2O2S/c1-28-24(29-2)18-21(30-23-8-4-3-7-22(23)24)6-5-13-26-14-16-27(17-15-26)20-11-9-19(25)10-12-20/h3-4,7-12,21H,5-6,13-18H2,1-2H3. The average Bonchev–Trinajstić information content (AvgIpc) is 2.79. The Hall–Kier alpha value is -1.60. The first kappa shape index (κ1) is 21.6. The number of ether oxygens (including phenoxy) is 2. The topological polar surface area (TPSA) is 24.9 Å². The zero-order valence-electron chi connectivity index (χ0n) is 17.9. The summed E-state index contributed by atoms with van der Waals surface area (Å²) in [7, 11) is 3.49. The molecule has 2 aliphatic rings. The van der Waals surface area contributed by atoms with Crippen molar-refractivity contribution in [3.63, 3.8) is 0 Å². The molecule has 0 bridgehead atoms. The van der Waals surface area contributed by atoms with Crippen LogP contribution in [0.2, 0.25) is 0 Å². The Morgan fingerprint density at radius 1 is 1.00 bits per heavy atom. The van der Waals surface area contributed by atoms with E-state index in [2.05, 4.69) is 34.1 Å². The van der Waals surface area contributed by atoms with Crippen molar-refractivity contribution in [2.24, 2.45) is 0 Å². The second kappa shape index (κ2) is 9.69. The molecule has 162 valence electrons. The third-order valence-electron chi connectivity index (χ3n) is 6.31. The molecule has 1 atom stereocenters. The SMILES string of the molecule is COC1(OC)CC(CCCN2CCN(c3ccc(F)cc3)CC2)Sc2ccccc21. The lowest BCUT2D eigenvalue weighted by Gasteiger charge is -2.40. The third-order valence-corrected chi connectivity index (χ3v) is 7.66. The first-order valence-electron chi connectivity index (χ1n) is 10.7. The molecule has 0 saturated carbocycles. The highest BCUT2D eigenvalue weighted by Crippen LogP contribution is 2.47. The van der Waals surface area contributed by atoms with E-state index in [4.69, 9.17) is 9.47 Å². The highest BCUT2D eigenvalue weighted by atomic mass is 32.2. The van der Waals surface area contributed by atoms with E-state index < -0.39 is 5.79 Å². The fourth-order valence-corrected chi connectivity index (χ4v) is 6.02. The van der Waals surface area contributed by atoms with Gasteiger partial charge in [-0.25, -0.2) is 4.39 Å². The van der Waals surface area contributed by atoms with Gasteiger partial charge in [0.2, 0.25) is 0 Å². The Bertz CT molecular complexity index is 820. The van der Waals surface area contributed by atoms with Gasteiger partial charge >= 0.3 is 0 Å². The summed E-state index contributed by atoms with van der Waals surface area (Å²) in [6, 6.07) is 15.3. The van der Waals surface area contributed by atoms with E-state index >= 15 is 0 Å². The van der Waals surface area contributed by atoms with E-state index in [9.17, 15) is 4.39 Å². The minimum absolute atomic E-state index is 0.174. The average molecular weight is 431 g/mol. The lowest BCUT2D eigenvalue weighted by Crippen LogP contribution is -2.46. The highest BCUT2D eigenvalue weighted by molar-refractivity contribution is 8.00. The monoisotopic (exact) mass is 430 g/mol. The highest BCUT2D eigenvalue weighted by Gasteiger charge is 2.41. The van der Waals surface area contributed by atoms with E-state index in [-0.39, 0.29) is 5.82 Å². The molecule has 1 unspecified atom stereocenters. The Morgan fingerprint density at radius 3 is 2.40 bits per heavy atom. The fraction of sp³-hybridized carbons (Fsp3) is 0.500. The Kier molecular flexibility index (Phi) is 6.98. The van der Waals surface area contributed by atoms with Crippen molar-refractivity contribution in [1.82, 2.24) is 4.90 Å². The number of nitrogens with zero attached hydrogens (tertiary/aromatic N) is 2. The summed E-state index contributed by atoms with van der Waals surface area (Å²) in [6.45, 7) is 5.21. The molecule has 2 heterocycles. The zero-order chi connectivity index (χ0) is 21.0. The van der Waals surface area contributed by atoms with Crippen molar-refractivity contribution < 1.29 is 13.9 Å². The van der Waals surface area contributed by atoms with E-state index in [1.807, 2.05) is 23.9 Å². The molecule has 30 heavy (non-hydrogen) atoms. The molecular formula is C24H31FN2O2S. The van der Waals surface area contributed by atoms with Gasteiger partial charge in [0.05, 0.1) is 0 Å². The molecular weight excluding hydrogens is 399 g/mol. The van der Waals surface area contributed by atoms with E-state index in [1.54, 1.807) is 26.4 Å². The quantitative estimate of drug-likeness (QED) is 0.591. The summed E-state index contributed by atoms with van der Waals surface area (Å²) in [5, 5.41) is 0.486. The number of rotatable bonds is 7. The third kappa shape index (κ3) is 4.67. The first-order valence-corrected chi connectivity index (χ1v) is 11.6. The van der Waals surface area contributed by atoms with Gasteiger partial charge in [-0.15, -0.1) is 11.8 Å². The second-order valence-electron chi connectivity index (χ2n) is 8.05. The van der Waals surface area contributed by atoms with Crippen molar-refractivity contribution in [1.29, 1.82) is 0 Å². The van der Waals surface area contributed by atoms with E-state index in [0.717, 1.165) is 56.8 Å². The predicted octanol–water partition coefficient (Wildman–Crippen LogP) is 4.74. The fourth-order valence-electron chi connectivity index (χ4n) is 4.57. The lowest BCUT2D eigenvalue weighted by molar-refractivity contribution is -0.222. The minimum atomic E-state index is -0.632. The van der Waals surface area contributed by atoms with Gasteiger partial charge in [-0.1, -0.05) is 18.2 Å². The van der Waals surface area contributed by atoms with Crippen molar-refractivity contribution in [2.45, 2.75) is 35.2 Å². The second-order valence-corrected chi connectivity index (χ2v) is 9.39. The summed E-state index contributed by atoms with van der Waals surface area (Å²) in [5.74, 6) is -0.806. The molecule has 0 amide bonds. The maximum Gasteiger partial charge on any atom is 0.196 e. The van der Waals surface area contributed by atoms with Crippen LogP contribution in [0.25, 0.3) is 0 Å². The Labute approximate surface area is 183 Å². The number of benzene rings is 2. The molecule has 0 N–H and O–H groups in total. The van der Waals surface area contributed by atoms with Crippen LogP contribution in [0.5, 0.6) is 0 Å². The molecule has 4 nitrogen and oxygen atoms in total. The van der Waals surface area contributed by atoms with Crippen LogP contribution in [0, 0.1) is 5.82 Å². The molecule has 2 aromatic carbocycles. The van der Waals surface area contributed by atoms with Crippen LogP contribution < -0.4 is 4.90 Å². The van der Waals surface area contributed by atoms with Crippen molar-refractivity contribution in [3.05, 3.63) is 59.9 Å². The molecule has 0 radical (unpaired) electrons. The number of methoxy groups -OCH3 is 2. The maximum absolute atomic E-state index is 13.1. The van der Waals surface area contributed by atoms with Gasteiger partial charge < -0.3 is 14.4 Å². The van der Waals surface area contributed by atoms with Gasteiger partial charge in [-0.2, -0.15) is 0 Å². The molecule has 6 heteroatoms. The van der Waals surface area contributed by atoms with Crippen LogP contribution in [-0.4, -0.2) is 57.1 Å². The summed E-state index contributed by atoms with van der Waals surface area (Å²) in [5.41, 5.74) is 2.26. The molecule has 0 aliphatic carbocycles. The summed E-state index contributed by atoms with van der Waals surface area (Å²) in [4.78, 5) is 6.15. The maximum atomic E-state index is 13.1. The minimum Gasteiger partial charge on any atom is -0.369 e.